The van der Waals surface area contributed by atoms with Gasteiger partial charge in [-0.25, -0.2) is 0 Å². The minimum atomic E-state index is -0.766. The largest absolute Gasteiger partial charge is 0.489 e. The van der Waals surface area contributed by atoms with Crippen LogP contribution in [0.5, 0.6) is 5.75 Å². The molecule has 1 atom stereocenters. The second-order valence-electron chi connectivity index (χ2n) is 7.57. The van der Waals surface area contributed by atoms with Crippen LogP contribution in [-0.2, 0) is 28.2 Å². The molecule has 0 bridgehead atoms. The van der Waals surface area contributed by atoms with E-state index in [4.69, 9.17) is 37.8 Å². The molecule has 2 aromatic rings. The van der Waals surface area contributed by atoms with E-state index in [1.807, 2.05) is 12.1 Å². The third kappa shape index (κ3) is 4.38. The van der Waals surface area contributed by atoms with Gasteiger partial charge in [0.2, 0.25) is 0 Å². The van der Waals surface area contributed by atoms with Crippen LogP contribution in [0.15, 0.2) is 36.4 Å². The van der Waals surface area contributed by atoms with Gasteiger partial charge in [0, 0.05) is 35.2 Å². The summed E-state index contributed by atoms with van der Waals surface area (Å²) in [4.78, 5) is 13.1. The molecule has 1 aliphatic carbocycles. The maximum absolute atomic E-state index is 10.9. The van der Waals surface area contributed by atoms with Gasteiger partial charge in [-0.05, 0) is 48.2 Å². The highest BCUT2D eigenvalue weighted by Crippen LogP contribution is 2.43. The molecule has 2 aromatic carbocycles. The third-order valence-electron chi connectivity index (χ3n) is 5.72. The summed E-state index contributed by atoms with van der Waals surface area (Å²) < 4.78 is 12.2. The first-order chi connectivity index (χ1) is 14.0. The Kier molecular flexibility index (Phi) is 6.02. The molecule has 1 N–H and O–H groups in total. The third-order valence-corrected chi connectivity index (χ3v) is 6.43. The molecular weight excluding hydrogens is 413 g/mol. The molecule has 29 heavy (non-hydrogen) atoms. The lowest BCUT2D eigenvalue weighted by Gasteiger charge is -2.41. The zero-order valence-corrected chi connectivity index (χ0v) is 17.5. The number of hydrogen-bond donors (Lipinski definition) is 1. The molecule has 0 aromatic heterocycles. The van der Waals surface area contributed by atoms with Crippen molar-refractivity contribution in [2.24, 2.45) is 0 Å². The summed E-state index contributed by atoms with van der Waals surface area (Å²) in [5.41, 5.74) is 2.82. The number of carbonyl (C=O) groups is 1. The Morgan fingerprint density at radius 3 is 2.79 bits per heavy atom. The topological polar surface area (TPSA) is 59.0 Å². The molecule has 5 nitrogen and oxygen atoms in total. The van der Waals surface area contributed by atoms with Crippen molar-refractivity contribution < 1.29 is 19.4 Å². The Morgan fingerprint density at radius 1 is 1.24 bits per heavy atom. The van der Waals surface area contributed by atoms with E-state index in [-0.39, 0.29) is 12.0 Å². The van der Waals surface area contributed by atoms with E-state index in [2.05, 4.69) is 17.0 Å². The number of carboxylic acid groups (broad SMARTS) is 1. The summed E-state index contributed by atoms with van der Waals surface area (Å²) in [6, 6.07) is 11.5. The number of hydrogen-bond acceptors (Lipinski definition) is 4. The second-order valence-corrected chi connectivity index (χ2v) is 8.38. The fraction of sp³-hybridized carbons (Fsp3) is 0.409. The van der Waals surface area contributed by atoms with Crippen LogP contribution in [0.3, 0.4) is 0 Å². The van der Waals surface area contributed by atoms with Crippen molar-refractivity contribution in [2.75, 3.05) is 26.2 Å². The lowest BCUT2D eigenvalue weighted by molar-refractivity contribution is -0.140. The number of aliphatic carboxylic acids is 1. The summed E-state index contributed by atoms with van der Waals surface area (Å²) in [7, 11) is 0. The predicted molar refractivity (Wildman–Crippen MR) is 112 cm³/mol. The van der Waals surface area contributed by atoms with Crippen molar-refractivity contribution in [3.05, 3.63) is 63.1 Å². The molecule has 1 unspecified atom stereocenters. The van der Waals surface area contributed by atoms with E-state index in [1.54, 1.807) is 12.1 Å². The van der Waals surface area contributed by atoms with Crippen molar-refractivity contribution in [3.8, 4) is 5.75 Å². The lowest BCUT2D eigenvalue weighted by Crippen LogP contribution is -2.49. The van der Waals surface area contributed by atoms with Crippen molar-refractivity contribution in [1.82, 2.24) is 4.90 Å². The predicted octanol–water partition coefficient (Wildman–Crippen LogP) is 4.52. The van der Waals surface area contributed by atoms with E-state index in [0.29, 0.717) is 29.8 Å². The number of rotatable bonds is 6. The minimum Gasteiger partial charge on any atom is -0.489 e. The minimum absolute atomic E-state index is 0.153. The molecule has 154 valence electrons. The maximum atomic E-state index is 10.9. The monoisotopic (exact) mass is 435 g/mol. The van der Waals surface area contributed by atoms with Gasteiger partial charge < -0.3 is 14.6 Å². The van der Waals surface area contributed by atoms with Crippen LogP contribution in [0.1, 0.15) is 29.5 Å². The normalized spacial score (nSPS) is 21.3. The van der Waals surface area contributed by atoms with Crippen LogP contribution >= 0.6 is 23.2 Å². The number of benzene rings is 2. The van der Waals surface area contributed by atoms with Crippen LogP contribution in [0.25, 0.3) is 0 Å². The lowest BCUT2D eigenvalue weighted by atomic mass is 9.93. The Morgan fingerprint density at radius 2 is 2.03 bits per heavy atom. The summed E-state index contributed by atoms with van der Waals surface area (Å²) in [6.45, 7) is 2.96. The first-order valence-corrected chi connectivity index (χ1v) is 10.5. The smallest absolute Gasteiger partial charge is 0.304 e. The van der Waals surface area contributed by atoms with Gasteiger partial charge in [-0.2, -0.15) is 0 Å². The zero-order valence-electron chi connectivity index (χ0n) is 16.0. The number of aryl methyl sites for hydroxylation is 1. The van der Waals surface area contributed by atoms with E-state index in [9.17, 15) is 4.79 Å². The molecule has 0 amide bonds. The molecule has 0 saturated carbocycles. The number of nitrogens with zero attached hydrogens (tertiary/aromatic N) is 1. The summed E-state index contributed by atoms with van der Waals surface area (Å²) in [5.74, 6) is 0.00751. The van der Waals surface area contributed by atoms with Gasteiger partial charge in [0.25, 0.3) is 0 Å². The van der Waals surface area contributed by atoms with Gasteiger partial charge >= 0.3 is 5.97 Å². The average Bonchev–Trinajstić information content (AvgIpc) is 3.03. The van der Waals surface area contributed by atoms with Crippen molar-refractivity contribution >= 4 is 29.2 Å². The quantitative estimate of drug-likeness (QED) is 0.722. The van der Waals surface area contributed by atoms with Gasteiger partial charge in [-0.3, -0.25) is 9.69 Å². The van der Waals surface area contributed by atoms with E-state index in [1.165, 1.54) is 11.1 Å². The Labute approximate surface area is 180 Å². The SMILES string of the molecule is O=C(O)CCN1CCOC2(CCc3cc(OCc4c(Cl)cccc4Cl)ccc32)C1. The number of ether oxygens (including phenoxy) is 2. The molecule has 7 heteroatoms. The maximum Gasteiger partial charge on any atom is 0.304 e. The average molecular weight is 436 g/mol. The van der Waals surface area contributed by atoms with Gasteiger partial charge in [0.1, 0.15) is 18.0 Å². The van der Waals surface area contributed by atoms with Crippen LogP contribution in [0, 0.1) is 0 Å². The van der Waals surface area contributed by atoms with Gasteiger partial charge in [-0.15, -0.1) is 0 Å². The van der Waals surface area contributed by atoms with Gasteiger partial charge in [0.15, 0.2) is 0 Å². The molecule has 1 aliphatic heterocycles. The van der Waals surface area contributed by atoms with Gasteiger partial charge in [-0.1, -0.05) is 35.3 Å². The fourth-order valence-corrected chi connectivity index (χ4v) is 4.73. The van der Waals surface area contributed by atoms with Crippen molar-refractivity contribution in [2.45, 2.75) is 31.5 Å². The number of halogens is 2. The molecule has 2 aliphatic rings. The Balaban J connectivity index is 1.47. The molecular formula is C22H23Cl2NO4. The summed E-state index contributed by atoms with van der Waals surface area (Å²) in [6.07, 6.45) is 1.96. The highest BCUT2D eigenvalue weighted by atomic mass is 35.5. The number of fused-ring (bicyclic) bond motifs is 2. The fourth-order valence-electron chi connectivity index (χ4n) is 4.22. The molecule has 1 heterocycles. The molecule has 4 rings (SSSR count). The standard InChI is InChI=1S/C22H23Cl2NO4/c23-19-2-1-3-20(24)17(19)13-28-16-4-5-18-15(12-16)6-8-22(18)14-25(10-11-29-22)9-7-21(26)27/h1-5,12H,6-11,13-14H2,(H,26,27). The highest BCUT2D eigenvalue weighted by molar-refractivity contribution is 6.35. The number of carboxylic acids is 1. The van der Waals surface area contributed by atoms with E-state index >= 15 is 0 Å². The zero-order chi connectivity index (χ0) is 20.4. The summed E-state index contributed by atoms with van der Waals surface area (Å²) in [5, 5.41) is 10.2. The number of morpholine rings is 1. The van der Waals surface area contributed by atoms with Crippen molar-refractivity contribution in [1.29, 1.82) is 0 Å². The van der Waals surface area contributed by atoms with Crippen molar-refractivity contribution in [3.63, 3.8) is 0 Å². The van der Waals surface area contributed by atoms with Crippen LogP contribution in [0.4, 0.5) is 0 Å². The Bertz CT molecular complexity index is 899. The highest BCUT2D eigenvalue weighted by Gasteiger charge is 2.43. The first kappa shape index (κ1) is 20.5. The molecule has 1 saturated heterocycles. The summed E-state index contributed by atoms with van der Waals surface area (Å²) >= 11 is 12.4. The first-order valence-electron chi connectivity index (χ1n) is 9.74. The molecule has 1 fully saturated rings. The molecule has 0 radical (unpaired) electrons. The van der Waals surface area contributed by atoms with Crippen LogP contribution in [0.2, 0.25) is 10.0 Å². The van der Waals surface area contributed by atoms with E-state index in [0.717, 1.165) is 37.2 Å². The van der Waals surface area contributed by atoms with Crippen LogP contribution < -0.4 is 4.74 Å². The second kappa shape index (κ2) is 8.52. The molecule has 1 spiro atoms. The van der Waals surface area contributed by atoms with Crippen LogP contribution in [-0.4, -0.2) is 42.2 Å². The van der Waals surface area contributed by atoms with Gasteiger partial charge in [0.05, 0.1) is 13.0 Å². The van der Waals surface area contributed by atoms with E-state index < -0.39 is 5.97 Å². The Hall–Kier alpha value is -1.79.